The van der Waals surface area contributed by atoms with Gasteiger partial charge in [-0.1, -0.05) is 0 Å². The van der Waals surface area contributed by atoms with Crippen LogP contribution in [0.1, 0.15) is 6.92 Å². The van der Waals surface area contributed by atoms with E-state index >= 15 is 0 Å². The molecule has 0 unspecified atom stereocenters. The Kier molecular flexibility index (Phi) is 2.34. The van der Waals surface area contributed by atoms with Gasteiger partial charge >= 0.3 is 20.2 Å². The van der Waals surface area contributed by atoms with Gasteiger partial charge in [0.1, 0.15) is 0 Å². The highest BCUT2D eigenvalue weighted by Gasteiger charge is 2.47. The van der Waals surface area contributed by atoms with Crippen LogP contribution in [0.25, 0.3) is 0 Å². The largest absolute Gasteiger partial charge is 0.302 e. The average Bonchev–Trinajstić information content (AvgIpc) is 1.58. The molecule has 0 aromatic carbocycles. The Morgan fingerprint density at radius 1 is 1.09 bits per heavy atom. The van der Waals surface area contributed by atoms with E-state index in [0.29, 0.717) is 6.92 Å². The molecule has 9 heteroatoms. The van der Waals surface area contributed by atoms with Crippen LogP contribution in [0.5, 0.6) is 0 Å². The lowest BCUT2D eigenvalue weighted by molar-refractivity contribution is 0.427. The van der Waals surface area contributed by atoms with Crippen molar-refractivity contribution in [3.05, 3.63) is 0 Å². The van der Waals surface area contributed by atoms with Gasteiger partial charge in [-0.25, -0.2) is 5.73 Å². The molecule has 11 heavy (non-hydrogen) atoms. The van der Waals surface area contributed by atoms with Crippen LogP contribution in [-0.4, -0.2) is 30.1 Å². The monoisotopic (exact) mass is 204 g/mol. The maximum absolute atomic E-state index is 10.1. The summed E-state index contributed by atoms with van der Waals surface area (Å²) in [6, 6.07) is 0. The predicted octanol–water partition coefficient (Wildman–Crippen LogP) is -1.28. The Labute approximate surface area is 63.7 Å². The molecule has 0 heterocycles. The van der Waals surface area contributed by atoms with E-state index < -0.39 is 24.4 Å². The Bertz CT molecular complexity index is 301. The third kappa shape index (κ3) is 1.87. The molecule has 0 amide bonds. The Hall–Kier alpha value is -0.220. The maximum atomic E-state index is 10.1. The predicted molar refractivity (Wildman–Crippen MR) is 34.6 cm³/mol. The van der Waals surface area contributed by atoms with Crippen LogP contribution in [0.15, 0.2) is 0 Å². The molecule has 0 aliphatic carbocycles. The van der Waals surface area contributed by atoms with Crippen molar-refractivity contribution in [3.63, 3.8) is 0 Å². The fourth-order valence-electron chi connectivity index (χ4n) is 0.133. The van der Waals surface area contributed by atoms with E-state index in [1.165, 1.54) is 0 Å². The van der Waals surface area contributed by atoms with Crippen molar-refractivity contribution in [1.29, 1.82) is 0 Å². The zero-order chi connectivity index (χ0) is 9.50. The number of hydrogen-bond acceptors (Lipinski definition) is 4. The molecule has 0 aliphatic heterocycles. The number of hydrogen-bond donors (Lipinski definition) is 2. The van der Waals surface area contributed by atoms with E-state index in [2.05, 4.69) is 0 Å². The normalized spacial score (nSPS) is 14.9. The summed E-state index contributed by atoms with van der Waals surface area (Å²) >= 11 is 0. The van der Waals surface area contributed by atoms with Crippen LogP contribution < -0.4 is 5.73 Å². The van der Waals surface area contributed by atoms with Gasteiger partial charge in [0.25, 0.3) is 4.20 Å². The van der Waals surface area contributed by atoms with Crippen molar-refractivity contribution in [3.8, 4) is 0 Å². The highest BCUT2D eigenvalue weighted by molar-refractivity contribution is 8.05. The lowest BCUT2D eigenvalue weighted by Gasteiger charge is -2.14. The summed E-state index contributed by atoms with van der Waals surface area (Å²) in [5.74, 6) is 0. The molecule has 0 bridgehead atoms. The first kappa shape index (κ1) is 10.8. The molecule has 0 spiro atoms. The van der Waals surface area contributed by atoms with E-state index in [-0.39, 0.29) is 0 Å². The van der Waals surface area contributed by atoms with Crippen molar-refractivity contribution in [2.75, 3.05) is 0 Å². The smallest absolute Gasteiger partial charge is 0.283 e. The zero-order valence-electron chi connectivity index (χ0n) is 5.34. The van der Waals surface area contributed by atoms with Crippen molar-refractivity contribution < 1.29 is 25.9 Å². The van der Waals surface area contributed by atoms with Crippen LogP contribution in [0.4, 0.5) is 0 Å². The van der Waals surface area contributed by atoms with Gasteiger partial charge in [-0.3, -0.25) is 9.11 Å². The minimum atomic E-state index is -5.13. The van der Waals surface area contributed by atoms with Crippen LogP contribution in [0.2, 0.25) is 0 Å². The summed E-state index contributed by atoms with van der Waals surface area (Å²) in [4.78, 5) is 0. The zero-order valence-corrected chi connectivity index (χ0v) is 6.98. The van der Waals surface area contributed by atoms with Gasteiger partial charge in [-0.15, -0.1) is 0 Å². The molecule has 0 atom stereocenters. The summed E-state index contributed by atoms with van der Waals surface area (Å²) < 4.78 is 53.4. The molecule has 3 N–H and O–H groups in total. The molecular formula is C2H6NO6S2. The van der Waals surface area contributed by atoms with Gasteiger partial charge < -0.3 is 0 Å². The van der Waals surface area contributed by atoms with Gasteiger partial charge in [-0.2, -0.15) is 16.8 Å². The molecule has 0 fully saturated rings. The molecule has 1 radical (unpaired) electrons. The Morgan fingerprint density at radius 3 is 1.27 bits per heavy atom. The van der Waals surface area contributed by atoms with E-state index in [4.69, 9.17) is 14.8 Å². The molecule has 67 valence electrons. The fourth-order valence-corrected chi connectivity index (χ4v) is 1.20. The van der Waals surface area contributed by atoms with E-state index in [9.17, 15) is 16.8 Å². The molecule has 0 aromatic rings. The first-order valence-electron chi connectivity index (χ1n) is 2.19. The summed E-state index contributed by atoms with van der Waals surface area (Å²) in [6.07, 6.45) is 0. The topological polar surface area (TPSA) is 133 Å². The lowest BCUT2D eigenvalue weighted by atomic mass is 10.8. The number of nitrogens with one attached hydrogen (secondary N) is 1. The fraction of sp³-hybridized carbons (Fsp3) is 1.00. The van der Waals surface area contributed by atoms with Gasteiger partial charge in [-0.05, 0) is 6.92 Å². The first-order chi connectivity index (χ1) is 4.50. The molecule has 0 saturated carbocycles. The molecule has 0 rings (SSSR count). The van der Waals surface area contributed by atoms with Crippen molar-refractivity contribution in [2.24, 2.45) is 0 Å². The van der Waals surface area contributed by atoms with Crippen LogP contribution in [0, 0.1) is 0 Å². The van der Waals surface area contributed by atoms with Crippen molar-refractivity contribution in [1.82, 2.24) is 5.73 Å². The minimum Gasteiger partial charge on any atom is -0.283 e. The molecule has 0 aromatic heterocycles. The Balaban J connectivity index is 5.45. The van der Waals surface area contributed by atoms with Gasteiger partial charge in [0.2, 0.25) is 0 Å². The van der Waals surface area contributed by atoms with Crippen LogP contribution in [0.3, 0.4) is 0 Å². The number of rotatable bonds is 2. The second kappa shape index (κ2) is 2.38. The van der Waals surface area contributed by atoms with E-state index in [1.807, 2.05) is 0 Å². The summed E-state index contributed by atoms with van der Waals surface area (Å²) in [7, 11) is -10.3. The van der Waals surface area contributed by atoms with Crippen LogP contribution in [-0.2, 0) is 20.2 Å². The summed E-state index contributed by atoms with van der Waals surface area (Å²) in [5, 5.41) is 0. The van der Waals surface area contributed by atoms with Crippen molar-refractivity contribution in [2.45, 2.75) is 11.1 Å². The van der Waals surface area contributed by atoms with Gasteiger partial charge in [0, 0.05) is 0 Å². The third-order valence-corrected chi connectivity index (χ3v) is 4.22. The summed E-state index contributed by atoms with van der Waals surface area (Å²) in [6.45, 7) is 0.345. The van der Waals surface area contributed by atoms with E-state index in [1.54, 1.807) is 0 Å². The van der Waals surface area contributed by atoms with Gasteiger partial charge in [0.15, 0.2) is 0 Å². The second-order valence-electron chi connectivity index (χ2n) is 1.90. The quantitative estimate of drug-likeness (QED) is 0.538. The van der Waals surface area contributed by atoms with E-state index in [0.717, 1.165) is 0 Å². The third-order valence-electron chi connectivity index (χ3n) is 0.984. The standard InChI is InChI=1S/C2H6NO6S2/c1-2(3,10(4,5)6)11(7,8)9/h3H,1H3,(H,4,5,6)(H,7,8,9). The Morgan fingerprint density at radius 2 is 1.27 bits per heavy atom. The first-order valence-corrected chi connectivity index (χ1v) is 5.07. The molecular weight excluding hydrogens is 198 g/mol. The maximum Gasteiger partial charge on any atom is 0.302 e. The second-order valence-corrected chi connectivity index (χ2v) is 5.69. The average molecular weight is 204 g/mol. The van der Waals surface area contributed by atoms with Gasteiger partial charge in [0.05, 0.1) is 0 Å². The van der Waals surface area contributed by atoms with Crippen molar-refractivity contribution >= 4 is 20.2 Å². The highest BCUT2D eigenvalue weighted by atomic mass is 32.3. The van der Waals surface area contributed by atoms with Crippen LogP contribution >= 0.6 is 0 Å². The molecule has 0 aliphatic rings. The molecule has 7 nitrogen and oxygen atoms in total. The SMILES string of the molecule is CC([NH])(S(=O)(=O)O)S(=O)(=O)O. The molecule has 0 saturated heterocycles. The minimum absolute atomic E-state index is 0.345. The lowest BCUT2D eigenvalue weighted by Crippen LogP contribution is -2.44. The highest BCUT2D eigenvalue weighted by Crippen LogP contribution is 2.16. The summed E-state index contributed by atoms with van der Waals surface area (Å²) in [5.41, 5.74) is 6.55.